The summed E-state index contributed by atoms with van der Waals surface area (Å²) in [6, 6.07) is 9.03. The molecule has 1 aromatic heterocycles. The van der Waals surface area contributed by atoms with Crippen molar-refractivity contribution >= 4 is 16.8 Å². The lowest BCUT2D eigenvalue weighted by molar-refractivity contribution is -0.137. The Morgan fingerprint density at radius 3 is 2.52 bits per heavy atom. The van der Waals surface area contributed by atoms with Gasteiger partial charge in [0.1, 0.15) is 0 Å². The summed E-state index contributed by atoms with van der Waals surface area (Å²) in [6.45, 7) is 0. The lowest BCUT2D eigenvalue weighted by atomic mass is 9.96. The summed E-state index contributed by atoms with van der Waals surface area (Å²) in [6.07, 6.45) is -1.81. The normalized spacial score (nSPS) is 19.3. The number of aryl methyl sites for hydroxylation is 1. The van der Waals surface area contributed by atoms with E-state index in [0.717, 1.165) is 40.6 Å². The van der Waals surface area contributed by atoms with E-state index in [2.05, 4.69) is 10.4 Å². The predicted octanol–water partition coefficient (Wildman–Crippen LogP) is 4.11. The standard InChI is InChI=1S/C20H18F3N3O/c1-24-19(27)16-9-15(16)14-7-12(8-18-17(14)10-25-26(18)2)11-3-5-13(6-4-11)20(21,22)23/h3-8,10,15-16H,9H2,1-2H3,(H,24,27)/t15?,16-/m1/s1. The van der Waals surface area contributed by atoms with Crippen LogP contribution in [0.25, 0.3) is 22.0 Å². The van der Waals surface area contributed by atoms with Gasteiger partial charge in [-0.2, -0.15) is 18.3 Å². The van der Waals surface area contributed by atoms with Gasteiger partial charge in [-0.3, -0.25) is 9.48 Å². The Labute approximate surface area is 154 Å². The number of benzene rings is 2. The molecule has 2 aromatic carbocycles. The quantitative estimate of drug-likeness (QED) is 0.751. The SMILES string of the molecule is CNC(=O)[C@@H]1CC1c1cc(-c2ccc(C(F)(F)F)cc2)cc2c1cnn2C. The van der Waals surface area contributed by atoms with Crippen LogP contribution in [0.3, 0.4) is 0 Å². The van der Waals surface area contributed by atoms with E-state index < -0.39 is 11.7 Å². The van der Waals surface area contributed by atoms with Crippen molar-refractivity contribution in [1.29, 1.82) is 0 Å². The monoisotopic (exact) mass is 373 g/mol. The number of fused-ring (bicyclic) bond motifs is 1. The zero-order chi connectivity index (χ0) is 19.3. The summed E-state index contributed by atoms with van der Waals surface area (Å²) >= 11 is 0. The number of hydrogen-bond acceptors (Lipinski definition) is 2. The van der Waals surface area contributed by atoms with E-state index in [0.29, 0.717) is 5.56 Å². The smallest absolute Gasteiger partial charge is 0.359 e. The highest BCUT2D eigenvalue weighted by molar-refractivity contribution is 5.91. The average molecular weight is 373 g/mol. The van der Waals surface area contributed by atoms with Crippen molar-refractivity contribution in [3.05, 3.63) is 53.7 Å². The first-order valence-corrected chi connectivity index (χ1v) is 8.64. The van der Waals surface area contributed by atoms with Gasteiger partial charge in [0.2, 0.25) is 5.91 Å². The zero-order valence-electron chi connectivity index (χ0n) is 14.8. The molecule has 4 nitrogen and oxygen atoms in total. The molecule has 1 aliphatic rings. The van der Waals surface area contributed by atoms with E-state index in [1.54, 1.807) is 17.9 Å². The fourth-order valence-corrected chi connectivity index (χ4v) is 3.61. The molecule has 1 heterocycles. The average Bonchev–Trinajstić information content (AvgIpc) is 3.36. The molecule has 1 fully saturated rings. The van der Waals surface area contributed by atoms with Gasteiger partial charge >= 0.3 is 6.18 Å². The Hall–Kier alpha value is -2.83. The number of carbonyl (C=O) groups is 1. The second-order valence-electron chi connectivity index (χ2n) is 6.90. The van der Waals surface area contributed by atoms with Gasteiger partial charge in [0.25, 0.3) is 0 Å². The summed E-state index contributed by atoms with van der Waals surface area (Å²) < 4.78 is 40.2. The highest BCUT2D eigenvalue weighted by Crippen LogP contribution is 2.50. The van der Waals surface area contributed by atoms with Gasteiger partial charge in [-0.05, 0) is 47.2 Å². The van der Waals surface area contributed by atoms with Crippen LogP contribution < -0.4 is 5.32 Å². The summed E-state index contributed by atoms with van der Waals surface area (Å²) in [7, 11) is 3.45. The van der Waals surface area contributed by atoms with Crippen LogP contribution in [0, 0.1) is 5.92 Å². The maximum Gasteiger partial charge on any atom is 0.416 e. The summed E-state index contributed by atoms with van der Waals surface area (Å²) in [5.74, 6) is 0.0456. The maximum absolute atomic E-state index is 12.8. The van der Waals surface area contributed by atoms with Gasteiger partial charge < -0.3 is 5.32 Å². The zero-order valence-corrected chi connectivity index (χ0v) is 14.8. The molecule has 140 valence electrons. The van der Waals surface area contributed by atoms with E-state index >= 15 is 0 Å². The molecule has 3 aromatic rings. The number of halogens is 3. The Balaban J connectivity index is 1.78. The van der Waals surface area contributed by atoms with E-state index in [1.807, 2.05) is 19.2 Å². The van der Waals surface area contributed by atoms with Gasteiger partial charge in [0.05, 0.1) is 17.3 Å². The fourth-order valence-electron chi connectivity index (χ4n) is 3.61. The minimum atomic E-state index is -4.36. The molecule has 1 aliphatic carbocycles. The Morgan fingerprint density at radius 2 is 1.89 bits per heavy atom. The summed E-state index contributed by atoms with van der Waals surface area (Å²) in [5, 5.41) is 7.96. The summed E-state index contributed by atoms with van der Waals surface area (Å²) in [4.78, 5) is 11.9. The van der Waals surface area contributed by atoms with Gasteiger partial charge in [-0.1, -0.05) is 18.2 Å². The number of carbonyl (C=O) groups excluding carboxylic acids is 1. The van der Waals surface area contributed by atoms with Crippen LogP contribution in [0.15, 0.2) is 42.6 Å². The van der Waals surface area contributed by atoms with Crippen molar-refractivity contribution in [1.82, 2.24) is 15.1 Å². The molecular formula is C20H18F3N3O. The maximum atomic E-state index is 12.8. The molecule has 1 amide bonds. The first-order chi connectivity index (χ1) is 12.8. The number of nitrogens with one attached hydrogen (secondary N) is 1. The van der Waals surface area contributed by atoms with Crippen LogP contribution in [0.4, 0.5) is 13.2 Å². The highest BCUT2D eigenvalue weighted by Gasteiger charge is 2.44. The van der Waals surface area contributed by atoms with E-state index in [9.17, 15) is 18.0 Å². The van der Waals surface area contributed by atoms with Crippen molar-refractivity contribution in [3.63, 3.8) is 0 Å². The Kier molecular flexibility index (Phi) is 3.98. The molecule has 7 heteroatoms. The van der Waals surface area contributed by atoms with Crippen molar-refractivity contribution in [3.8, 4) is 11.1 Å². The molecule has 0 radical (unpaired) electrons. The lowest BCUT2D eigenvalue weighted by Crippen LogP contribution is -2.20. The number of amides is 1. The first kappa shape index (κ1) is 17.6. The van der Waals surface area contributed by atoms with E-state index in [-0.39, 0.29) is 17.7 Å². The number of hydrogen-bond donors (Lipinski definition) is 1. The predicted molar refractivity (Wildman–Crippen MR) is 96.1 cm³/mol. The molecule has 4 rings (SSSR count). The second-order valence-corrected chi connectivity index (χ2v) is 6.90. The van der Waals surface area contributed by atoms with Gasteiger partial charge in [0.15, 0.2) is 0 Å². The molecule has 0 bridgehead atoms. The van der Waals surface area contributed by atoms with Gasteiger partial charge in [-0.25, -0.2) is 0 Å². The van der Waals surface area contributed by atoms with Crippen LogP contribution in [0.5, 0.6) is 0 Å². The molecule has 1 N–H and O–H groups in total. The Bertz CT molecular complexity index is 1020. The number of nitrogens with zero attached hydrogens (tertiary/aromatic N) is 2. The lowest BCUT2D eigenvalue weighted by Gasteiger charge is -2.11. The van der Waals surface area contributed by atoms with Crippen LogP contribution in [-0.4, -0.2) is 22.7 Å². The third kappa shape index (κ3) is 3.07. The third-order valence-electron chi connectivity index (χ3n) is 5.22. The van der Waals surface area contributed by atoms with Gasteiger partial charge in [-0.15, -0.1) is 0 Å². The minimum Gasteiger partial charge on any atom is -0.359 e. The largest absolute Gasteiger partial charge is 0.416 e. The van der Waals surface area contributed by atoms with Crippen molar-refractivity contribution in [2.75, 3.05) is 7.05 Å². The molecule has 27 heavy (non-hydrogen) atoms. The first-order valence-electron chi connectivity index (χ1n) is 8.64. The molecule has 1 saturated carbocycles. The van der Waals surface area contributed by atoms with Crippen molar-refractivity contribution < 1.29 is 18.0 Å². The highest BCUT2D eigenvalue weighted by atomic mass is 19.4. The number of rotatable bonds is 3. The topological polar surface area (TPSA) is 46.9 Å². The fraction of sp³-hybridized carbons (Fsp3) is 0.300. The van der Waals surface area contributed by atoms with Crippen molar-refractivity contribution in [2.24, 2.45) is 13.0 Å². The van der Waals surface area contributed by atoms with E-state index in [1.165, 1.54) is 12.1 Å². The van der Waals surface area contributed by atoms with Gasteiger partial charge in [0, 0.05) is 25.4 Å². The molecule has 0 saturated heterocycles. The molecule has 0 aliphatic heterocycles. The van der Waals surface area contributed by atoms with Crippen LogP contribution in [0.1, 0.15) is 23.5 Å². The van der Waals surface area contributed by atoms with E-state index in [4.69, 9.17) is 0 Å². The second kappa shape index (κ2) is 6.11. The van der Waals surface area contributed by atoms with Crippen LogP contribution in [-0.2, 0) is 18.0 Å². The molecular weight excluding hydrogens is 355 g/mol. The molecule has 1 unspecified atom stereocenters. The third-order valence-corrected chi connectivity index (χ3v) is 5.22. The van der Waals surface area contributed by atoms with Crippen LogP contribution >= 0.6 is 0 Å². The summed E-state index contributed by atoms with van der Waals surface area (Å²) in [5.41, 5.74) is 2.76. The number of aromatic nitrogens is 2. The number of alkyl halides is 3. The minimum absolute atomic E-state index is 0.0111. The Morgan fingerprint density at radius 1 is 1.19 bits per heavy atom. The molecule has 2 atom stereocenters. The van der Waals surface area contributed by atoms with Crippen LogP contribution in [0.2, 0.25) is 0 Å². The van der Waals surface area contributed by atoms with Crippen molar-refractivity contribution in [2.45, 2.75) is 18.5 Å². The molecule has 0 spiro atoms.